The number of thiophene rings is 1. The van der Waals surface area contributed by atoms with Crippen LogP contribution in [0, 0.1) is 0 Å². The van der Waals surface area contributed by atoms with E-state index in [1.54, 1.807) is 17.7 Å². The van der Waals surface area contributed by atoms with Gasteiger partial charge in [-0.25, -0.2) is 4.98 Å². The topological polar surface area (TPSA) is 37.9 Å². The molecule has 0 spiro atoms. The van der Waals surface area contributed by atoms with E-state index in [1.165, 1.54) is 23.3 Å². The fourth-order valence-corrected chi connectivity index (χ4v) is 4.04. The highest BCUT2D eigenvalue weighted by Gasteiger charge is 2.10. The zero-order chi connectivity index (χ0) is 19.0. The molecule has 28 heavy (non-hydrogen) atoms. The smallest absolute Gasteiger partial charge is 0.127 e. The van der Waals surface area contributed by atoms with Gasteiger partial charge in [0.25, 0.3) is 0 Å². The van der Waals surface area contributed by atoms with E-state index in [0.29, 0.717) is 0 Å². The molecule has 2 heterocycles. The van der Waals surface area contributed by atoms with E-state index in [9.17, 15) is 0 Å². The Morgan fingerprint density at radius 3 is 2.64 bits per heavy atom. The number of nitrogens with one attached hydrogen (secondary N) is 1. The summed E-state index contributed by atoms with van der Waals surface area (Å²) in [5.74, 6) is 0.953. The lowest BCUT2D eigenvalue weighted by atomic mass is 10.1. The Labute approximate surface area is 170 Å². The van der Waals surface area contributed by atoms with Crippen LogP contribution in [0.15, 0.2) is 78.6 Å². The maximum Gasteiger partial charge on any atom is 0.127 e. The molecule has 3 nitrogen and oxygen atoms in total. The summed E-state index contributed by atoms with van der Waals surface area (Å²) < 4.78 is 6.17. The van der Waals surface area contributed by atoms with Gasteiger partial charge in [0.1, 0.15) is 5.75 Å². The van der Waals surface area contributed by atoms with Gasteiger partial charge in [0.05, 0.1) is 24.8 Å². The van der Waals surface area contributed by atoms with Crippen LogP contribution in [0.1, 0.15) is 24.8 Å². The molecule has 0 fully saturated rings. The van der Waals surface area contributed by atoms with Gasteiger partial charge in [-0.15, -0.1) is 11.3 Å². The number of aromatic nitrogens is 2. The van der Waals surface area contributed by atoms with Gasteiger partial charge in [0.2, 0.25) is 0 Å². The largest absolute Gasteiger partial charge is 0.493 e. The summed E-state index contributed by atoms with van der Waals surface area (Å²) in [6, 6.07) is 21.3. The number of imidazole rings is 1. The minimum atomic E-state index is 0.747. The minimum Gasteiger partial charge on any atom is -0.493 e. The lowest BCUT2D eigenvalue weighted by Gasteiger charge is -2.12. The fourth-order valence-electron chi connectivity index (χ4n) is 3.30. The molecule has 4 rings (SSSR count). The van der Waals surface area contributed by atoms with Crippen LogP contribution in [-0.4, -0.2) is 16.6 Å². The summed E-state index contributed by atoms with van der Waals surface area (Å²) in [5, 5.41) is 2.10. The molecule has 4 aromatic rings. The van der Waals surface area contributed by atoms with Gasteiger partial charge in [-0.1, -0.05) is 36.4 Å². The summed E-state index contributed by atoms with van der Waals surface area (Å²) in [6.07, 6.45) is 8.14. The Balaban J connectivity index is 1.36. The van der Waals surface area contributed by atoms with E-state index in [4.69, 9.17) is 4.74 Å². The summed E-state index contributed by atoms with van der Waals surface area (Å²) in [4.78, 5) is 8.53. The fraction of sp³-hybridized carbons (Fsp3) is 0.208. The zero-order valence-corrected chi connectivity index (χ0v) is 16.6. The maximum atomic E-state index is 6.17. The molecule has 0 saturated heterocycles. The molecule has 4 heteroatoms. The maximum absolute atomic E-state index is 6.17. The standard InChI is InChI=1S/C24H24N2OS/c1-3-8-19(9-4-1)10-5-2-6-14-27-23-13-12-20(22-17-25-18-26-22)16-21(23)24-11-7-15-28-24/h1,3-4,7-9,11-13,15-18H,2,5-6,10,14H2,(H,25,26). The van der Waals surface area contributed by atoms with Crippen molar-refractivity contribution < 1.29 is 4.74 Å². The number of aryl methyl sites for hydroxylation is 1. The molecule has 0 aliphatic carbocycles. The normalized spacial score (nSPS) is 10.9. The van der Waals surface area contributed by atoms with Crippen molar-refractivity contribution >= 4 is 11.3 Å². The summed E-state index contributed by atoms with van der Waals surface area (Å²) in [5.41, 5.74) is 4.70. The van der Waals surface area contributed by atoms with Crippen molar-refractivity contribution in [2.45, 2.75) is 25.7 Å². The number of unbranched alkanes of at least 4 members (excludes halogenated alkanes) is 2. The van der Waals surface area contributed by atoms with E-state index >= 15 is 0 Å². The molecular weight excluding hydrogens is 364 g/mol. The van der Waals surface area contributed by atoms with Gasteiger partial charge in [0, 0.05) is 16.0 Å². The molecule has 0 atom stereocenters. The van der Waals surface area contributed by atoms with E-state index in [-0.39, 0.29) is 0 Å². The first kappa shape index (κ1) is 18.5. The molecule has 2 aromatic carbocycles. The van der Waals surface area contributed by atoms with Crippen molar-refractivity contribution in [2.24, 2.45) is 0 Å². The second-order valence-electron chi connectivity index (χ2n) is 6.80. The van der Waals surface area contributed by atoms with Crippen LogP contribution in [0.25, 0.3) is 21.7 Å². The summed E-state index contributed by atoms with van der Waals surface area (Å²) in [7, 11) is 0. The van der Waals surface area contributed by atoms with Crippen LogP contribution in [-0.2, 0) is 6.42 Å². The lowest BCUT2D eigenvalue weighted by Crippen LogP contribution is -1.99. The third-order valence-electron chi connectivity index (χ3n) is 4.79. The van der Waals surface area contributed by atoms with E-state index in [0.717, 1.165) is 42.0 Å². The Hall–Kier alpha value is -2.85. The van der Waals surface area contributed by atoms with Gasteiger partial charge >= 0.3 is 0 Å². The highest BCUT2D eigenvalue weighted by Crippen LogP contribution is 2.36. The average Bonchev–Trinajstić information content (AvgIpc) is 3.46. The molecule has 0 bridgehead atoms. The lowest BCUT2D eigenvalue weighted by molar-refractivity contribution is 0.306. The van der Waals surface area contributed by atoms with Crippen molar-refractivity contribution in [3.05, 3.63) is 84.1 Å². The average molecular weight is 389 g/mol. The van der Waals surface area contributed by atoms with Crippen LogP contribution in [0.3, 0.4) is 0 Å². The molecule has 0 amide bonds. The zero-order valence-electron chi connectivity index (χ0n) is 15.8. The van der Waals surface area contributed by atoms with Crippen LogP contribution in [0.2, 0.25) is 0 Å². The van der Waals surface area contributed by atoms with Crippen LogP contribution in [0.4, 0.5) is 0 Å². The Morgan fingerprint density at radius 1 is 0.929 bits per heavy atom. The first-order valence-corrected chi connectivity index (χ1v) is 10.6. The molecule has 0 aliphatic rings. The minimum absolute atomic E-state index is 0.747. The van der Waals surface area contributed by atoms with Gasteiger partial charge in [0.15, 0.2) is 0 Å². The first-order valence-electron chi connectivity index (χ1n) is 9.73. The number of H-pyrrole nitrogens is 1. The summed E-state index contributed by atoms with van der Waals surface area (Å²) in [6.45, 7) is 0.747. The monoisotopic (exact) mass is 388 g/mol. The molecule has 1 N–H and O–H groups in total. The molecule has 2 aromatic heterocycles. The Bertz CT molecular complexity index is 963. The third kappa shape index (κ3) is 4.70. The number of nitrogens with zero attached hydrogens (tertiary/aromatic N) is 1. The van der Waals surface area contributed by atoms with Crippen molar-refractivity contribution in [1.82, 2.24) is 9.97 Å². The van der Waals surface area contributed by atoms with Crippen LogP contribution >= 0.6 is 11.3 Å². The van der Waals surface area contributed by atoms with E-state index in [1.807, 2.05) is 6.20 Å². The molecule has 0 saturated carbocycles. The molecule has 0 aliphatic heterocycles. The molecule has 0 unspecified atom stereocenters. The van der Waals surface area contributed by atoms with Crippen molar-refractivity contribution in [1.29, 1.82) is 0 Å². The second kappa shape index (κ2) is 9.38. The van der Waals surface area contributed by atoms with E-state index in [2.05, 4.69) is 76.0 Å². The van der Waals surface area contributed by atoms with Crippen LogP contribution in [0.5, 0.6) is 5.75 Å². The van der Waals surface area contributed by atoms with Crippen molar-refractivity contribution in [3.8, 4) is 27.4 Å². The third-order valence-corrected chi connectivity index (χ3v) is 5.69. The molecule has 0 radical (unpaired) electrons. The van der Waals surface area contributed by atoms with Gasteiger partial charge < -0.3 is 9.72 Å². The predicted octanol–water partition coefficient (Wildman–Crippen LogP) is 6.60. The SMILES string of the molecule is c1ccc(CCCCCOc2ccc(-c3cnc[nH]3)cc2-c2cccs2)cc1. The number of hydrogen-bond donors (Lipinski definition) is 1. The van der Waals surface area contributed by atoms with Crippen molar-refractivity contribution in [3.63, 3.8) is 0 Å². The Morgan fingerprint density at radius 2 is 1.86 bits per heavy atom. The van der Waals surface area contributed by atoms with Gasteiger partial charge in [-0.2, -0.15) is 0 Å². The number of aromatic amines is 1. The van der Waals surface area contributed by atoms with Gasteiger partial charge in [-0.05, 0) is 60.9 Å². The van der Waals surface area contributed by atoms with Crippen molar-refractivity contribution in [2.75, 3.05) is 6.61 Å². The number of ether oxygens (including phenoxy) is 1. The highest BCUT2D eigenvalue weighted by atomic mass is 32.1. The van der Waals surface area contributed by atoms with Crippen LogP contribution < -0.4 is 4.74 Å². The quantitative estimate of drug-likeness (QED) is 0.328. The molecular formula is C24H24N2OS. The predicted molar refractivity (Wildman–Crippen MR) is 117 cm³/mol. The van der Waals surface area contributed by atoms with E-state index < -0.39 is 0 Å². The summed E-state index contributed by atoms with van der Waals surface area (Å²) >= 11 is 1.74. The Kier molecular flexibility index (Phi) is 6.20. The highest BCUT2D eigenvalue weighted by molar-refractivity contribution is 7.13. The second-order valence-corrected chi connectivity index (χ2v) is 7.75. The number of benzene rings is 2. The molecule has 142 valence electrons. The number of hydrogen-bond acceptors (Lipinski definition) is 3. The first-order chi connectivity index (χ1) is 13.9. The number of rotatable bonds is 9. The van der Waals surface area contributed by atoms with Gasteiger partial charge in [-0.3, -0.25) is 0 Å².